The lowest BCUT2D eigenvalue weighted by atomic mass is 9.87. The van der Waals surface area contributed by atoms with Crippen molar-refractivity contribution in [1.82, 2.24) is 0 Å². The lowest BCUT2D eigenvalue weighted by Crippen LogP contribution is -2.40. The Labute approximate surface area is 117 Å². The summed E-state index contributed by atoms with van der Waals surface area (Å²) in [6.45, 7) is 1.58. The molecule has 0 saturated carbocycles. The quantitative estimate of drug-likeness (QED) is 0.931. The van der Waals surface area contributed by atoms with Gasteiger partial charge in [0.1, 0.15) is 5.82 Å². The van der Waals surface area contributed by atoms with Crippen LogP contribution in [-0.2, 0) is 15.1 Å². The van der Waals surface area contributed by atoms with Gasteiger partial charge in [-0.3, -0.25) is 4.79 Å². The van der Waals surface area contributed by atoms with Crippen molar-refractivity contribution < 1.29 is 13.9 Å². The van der Waals surface area contributed by atoms with Gasteiger partial charge in [0.15, 0.2) is 5.60 Å². The maximum Gasteiger partial charge on any atom is 0.254 e. The van der Waals surface area contributed by atoms with Gasteiger partial charge in [-0.2, -0.15) is 0 Å². The molecule has 0 saturated heterocycles. The molecule has 0 aromatic heterocycles. The van der Waals surface area contributed by atoms with Crippen molar-refractivity contribution in [3.63, 3.8) is 0 Å². The predicted molar refractivity (Wildman–Crippen MR) is 75.4 cm³/mol. The van der Waals surface area contributed by atoms with Gasteiger partial charge in [0.2, 0.25) is 0 Å². The lowest BCUT2D eigenvalue weighted by molar-refractivity contribution is -0.138. The summed E-state index contributed by atoms with van der Waals surface area (Å²) in [7, 11) is 1.41. The van der Waals surface area contributed by atoms with Crippen molar-refractivity contribution in [1.29, 1.82) is 0 Å². The number of rotatable bonds is 4. The molecule has 2 aromatic rings. The number of hydrogen-bond acceptors (Lipinski definition) is 2. The van der Waals surface area contributed by atoms with Crippen molar-refractivity contribution in [2.45, 2.75) is 12.5 Å². The van der Waals surface area contributed by atoms with Crippen LogP contribution in [0.1, 0.15) is 12.5 Å². The molecule has 1 atom stereocenters. The number of primary amides is 1. The molecule has 104 valence electrons. The highest BCUT2D eigenvalue weighted by Crippen LogP contribution is 2.34. The van der Waals surface area contributed by atoms with Crippen molar-refractivity contribution >= 4 is 5.91 Å². The lowest BCUT2D eigenvalue weighted by Gasteiger charge is -2.27. The maximum absolute atomic E-state index is 14.0. The average molecular weight is 273 g/mol. The monoisotopic (exact) mass is 273 g/mol. The van der Waals surface area contributed by atoms with Gasteiger partial charge in [-0.05, 0) is 18.6 Å². The van der Waals surface area contributed by atoms with Gasteiger partial charge in [0.25, 0.3) is 5.91 Å². The number of ether oxygens (including phenoxy) is 1. The second-order valence-corrected chi connectivity index (χ2v) is 4.63. The summed E-state index contributed by atoms with van der Waals surface area (Å²) in [6, 6.07) is 13.4. The van der Waals surface area contributed by atoms with Crippen LogP contribution in [-0.4, -0.2) is 13.0 Å². The number of hydrogen-bond donors (Lipinski definition) is 1. The third kappa shape index (κ3) is 2.30. The Kier molecular flexibility index (Phi) is 3.86. The van der Waals surface area contributed by atoms with Crippen molar-refractivity contribution in [2.24, 2.45) is 5.73 Å². The van der Waals surface area contributed by atoms with Crippen LogP contribution < -0.4 is 5.73 Å². The highest BCUT2D eigenvalue weighted by molar-refractivity contribution is 5.87. The van der Waals surface area contributed by atoms with Gasteiger partial charge < -0.3 is 10.5 Å². The minimum absolute atomic E-state index is 0.358. The summed E-state index contributed by atoms with van der Waals surface area (Å²) in [6.07, 6.45) is 0. The van der Waals surface area contributed by atoms with E-state index in [0.29, 0.717) is 16.7 Å². The standard InChI is InChI=1S/C16H16FNO2/c1-16(20-2,15(18)19)13-9-5-3-7-11(13)12-8-4-6-10-14(12)17/h3-10H,1-2H3,(H2,18,19). The van der Waals surface area contributed by atoms with E-state index in [9.17, 15) is 9.18 Å². The van der Waals surface area contributed by atoms with Crippen LogP contribution in [0.4, 0.5) is 4.39 Å². The van der Waals surface area contributed by atoms with Gasteiger partial charge in [0, 0.05) is 18.2 Å². The Morgan fingerprint density at radius 2 is 1.65 bits per heavy atom. The molecule has 3 nitrogen and oxygen atoms in total. The second-order valence-electron chi connectivity index (χ2n) is 4.63. The summed E-state index contributed by atoms with van der Waals surface area (Å²) in [5.74, 6) is -0.980. The SMILES string of the molecule is COC(C)(C(N)=O)c1ccccc1-c1ccccc1F. The molecule has 1 unspecified atom stereocenters. The van der Waals surface area contributed by atoms with E-state index in [-0.39, 0.29) is 5.82 Å². The number of benzene rings is 2. The molecular weight excluding hydrogens is 257 g/mol. The van der Waals surface area contributed by atoms with Crippen LogP contribution in [0, 0.1) is 5.82 Å². The molecule has 1 amide bonds. The molecule has 0 aliphatic rings. The molecule has 0 fully saturated rings. The highest BCUT2D eigenvalue weighted by Gasteiger charge is 2.35. The van der Waals surface area contributed by atoms with Gasteiger partial charge >= 0.3 is 0 Å². The molecule has 0 aliphatic heterocycles. The van der Waals surface area contributed by atoms with Gasteiger partial charge in [-0.25, -0.2) is 4.39 Å². The molecule has 0 bridgehead atoms. The Bertz CT molecular complexity index is 642. The number of amides is 1. The van der Waals surface area contributed by atoms with Crippen LogP contribution in [0.25, 0.3) is 11.1 Å². The van der Waals surface area contributed by atoms with Gasteiger partial charge in [-0.1, -0.05) is 42.5 Å². The first-order chi connectivity index (χ1) is 9.50. The molecule has 0 spiro atoms. The summed E-state index contributed by atoms with van der Waals surface area (Å²) in [5, 5.41) is 0. The van der Waals surface area contributed by atoms with Crippen molar-refractivity contribution in [3.8, 4) is 11.1 Å². The molecular formula is C16H16FNO2. The molecule has 4 heteroatoms. The van der Waals surface area contributed by atoms with E-state index >= 15 is 0 Å². The number of carbonyl (C=O) groups is 1. The zero-order chi connectivity index (χ0) is 14.8. The first-order valence-corrected chi connectivity index (χ1v) is 6.20. The van der Waals surface area contributed by atoms with E-state index in [2.05, 4.69) is 0 Å². The fourth-order valence-electron chi connectivity index (χ4n) is 2.16. The summed E-state index contributed by atoms with van der Waals surface area (Å²) >= 11 is 0. The van der Waals surface area contributed by atoms with Crippen LogP contribution in [0.3, 0.4) is 0 Å². The van der Waals surface area contributed by atoms with Gasteiger partial charge in [-0.15, -0.1) is 0 Å². The van der Waals surface area contributed by atoms with E-state index in [4.69, 9.17) is 10.5 Å². The van der Waals surface area contributed by atoms with E-state index in [1.165, 1.54) is 13.2 Å². The third-order valence-electron chi connectivity index (χ3n) is 3.48. The number of halogens is 1. The fraction of sp³-hybridized carbons (Fsp3) is 0.188. The predicted octanol–water partition coefficient (Wildman–Crippen LogP) is 2.84. The van der Waals surface area contributed by atoms with Crippen molar-refractivity contribution in [2.75, 3.05) is 7.11 Å². The summed E-state index contributed by atoms with van der Waals surface area (Å²) in [4.78, 5) is 11.7. The molecule has 0 heterocycles. The Morgan fingerprint density at radius 1 is 1.10 bits per heavy atom. The zero-order valence-electron chi connectivity index (χ0n) is 11.4. The fourth-order valence-corrected chi connectivity index (χ4v) is 2.16. The van der Waals surface area contributed by atoms with E-state index in [1.807, 2.05) is 0 Å². The van der Waals surface area contributed by atoms with E-state index < -0.39 is 11.5 Å². The highest BCUT2D eigenvalue weighted by atomic mass is 19.1. The average Bonchev–Trinajstić information content (AvgIpc) is 2.47. The smallest absolute Gasteiger partial charge is 0.254 e. The Hall–Kier alpha value is -2.20. The van der Waals surface area contributed by atoms with E-state index in [1.54, 1.807) is 49.4 Å². The molecule has 0 aliphatic carbocycles. The first kappa shape index (κ1) is 14.2. The topological polar surface area (TPSA) is 52.3 Å². The summed E-state index contributed by atoms with van der Waals surface area (Å²) in [5.41, 5.74) is 5.68. The minimum atomic E-state index is -1.31. The molecule has 2 aromatic carbocycles. The van der Waals surface area contributed by atoms with Crippen LogP contribution in [0.2, 0.25) is 0 Å². The normalized spacial score (nSPS) is 13.8. The molecule has 0 radical (unpaired) electrons. The third-order valence-corrected chi connectivity index (χ3v) is 3.48. The number of methoxy groups -OCH3 is 1. The van der Waals surface area contributed by atoms with Crippen LogP contribution in [0.15, 0.2) is 48.5 Å². The molecule has 2 rings (SSSR count). The second kappa shape index (κ2) is 5.43. The molecule has 2 N–H and O–H groups in total. The largest absolute Gasteiger partial charge is 0.367 e. The number of nitrogens with two attached hydrogens (primary N) is 1. The summed E-state index contributed by atoms with van der Waals surface area (Å²) < 4.78 is 19.3. The van der Waals surface area contributed by atoms with Crippen LogP contribution >= 0.6 is 0 Å². The maximum atomic E-state index is 14.0. The molecule has 20 heavy (non-hydrogen) atoms. The minimum Gasteiger partial charge on any atom is -0.367 e. The van der Waals surface area contributed by atoms with E-state index in [0.717, 1.165) is 0 Å². The van der Waals surface area contributed by atoms with Gasteiger partial charge in [0.05, 0.1) is 0 Å². The van der Waals surface area contributed by atoms with Crippen molar-refractivity contribution in [3.05, 3.63) is 59.9 Å². The zero-order valence-corrected chi connectivity index (χ0v) is 11.4. The van der Waals surface area contributed by atoms with Crippen LogP contribution in [0.5, 0.6) is 0 Å². The number of carbonyl (C=O) groups excluding carboxylic acids is 1. The Morgan fingerprint density at radius 3 is 2.20 bits per heavy atom. The first-order valence-electron chi connectivity index (χ1n) is 6.20. The Balaban J connectivity index is 2.69.